The number of fused-ring (bicyclic) bond motifs is 1. The number of hydrogen-bond acceptors (Lipinski definition) is 4. The minimum absolute atomic E-state index is 0.293. The topological polar surface area (TPSA) is 83.5 Å². The smallest absolute Gasteiger partial charge is 0.243 e. The summed E-state index contributed by atoms with van der Waals surface area (Å²) < 4.78 is 79.0. The van der Waals surface area contributed by atoms with Crippen molar-refractivity contribution in [3.05, 3.63) is 59.7 Å². The standard InChI is InChI=1S/C16H16F2N2O4S2/c17-13-5-6-16(14(18)11-13)26(23,24)19-8-10-25(21,22)20-9-7-12-3-1-2-4-15(12)20/h1-6,11,19H,7-10H2. The van der Waals surface area contributed by atoms with Gasteiger partial charge in [0.25, 0.3) is 0 Å². The van der Waals surface area contributed by atoms with Crippen molar-refractivity contribution in [3.8, 4) is 0 Å². The predicted molar refractivity (Wildman–Crippen MR) is 92.8 cm³/mol. The number of hydrogen-bond donors (Lipinski definition) is 1. The van der Waals surface area contributed by atoms with Crippen molar-refractivity contribution in [2.45, 2.75) is 11.3 Å². The first-order chi connectivity index (χ1) is 12.2. The quantitative estimate of drug-likeness (QED) is 0.796. The van der Waals surface area contributed by atoms with Crippen molar-refractivity contribution in [1.29, 1.82) is 0 Å². The molecular weight excluding hydrogens is 386 g/mol. The molecule has 0 fully saturated rings. The number of anilines is 1. The Balaban J connectivity index is 1.69. The van der Waals surface area contributed by atoms with Crippen LogP contribution in [0.3, 0.4) is 0 Å². The van der Waals surface area contributed by atoms with Gasteiger partial charge < -0.3 is 0 Å². The van der Waals surface area contributed by atoms with Crippen LogP contribution in [0.15, 0.2) is 47.4 Å². The summed E-state index contributed by atoms with van der Waals surface area (Å²) in [5.74, 6) is -2.63. The van der Waals surface area contributed by atoms with Crippen LogP contribution >= 0.6 is 0 Å². The van der Waals surface area contributed by atoms with Crippen LogP contribution < -0.4 is 9.03 Å². The maximum absolute atomic E-state index is 13.6. The number of nitrogens with one attached hydrogen (secondary N) is 1. The van der Waals surface area contributed by atoms with Gasteiger partial charge in [0, 0.05) is 19.2 Å². The fourth-order valence-electron chi connectivity index (χ4n) is 2.78. The monoisotopic (exact) mass is 402 g/mol. The summed E-state index contributed by atoms with van der Waals surface area (Å²) in [6.07, 6.45) is 0.585. The van der Waals surface area contributed by atoms with Crippen LogP contribution in [-0.2, 0) is 26.5 Å². The molecule has 0 unspecified atom stereocenters. The van der Waals surface area contributed by atoms with Gasteiger partial charge in [0.05, 0.1) is 11.4 Å². The van der Waals surface area contributed by atoms with E-state index in [0.29, 0.717) is 24.7 Å². The Morgan fingerprint density at radius 1 is 1.04 bits per heavy atom. The molecule has 1 heterocycles. The molecule has 0 spiro atoms. The molecule has 0 aliphatic carbocycles. The van der Waals surface area contributed by atoms with Crippen LogP contribution in [0.1, 0.15) is 5.56 Å². The largest absolute Gasteiger partial charge is 0.270 e. The van der Waals surface area contributed by atoms with Crippen LogP contribution in [0, 0.1) is 11.6 Å². The number of benzene rings is 2. The minimum Gasteiger partial charge on any atom is -0.270 e. The van der Waals surface area contributed by atoms with Crippen LogP contribution in [0.5, 0.6) is 0 Å². The van der Waals surface area contributed by atoms with E-state index in [-0.39, 0.29) is 0 Å². The van der Waals surface area contributed by atoms with E-state index >= 15 is 0 Å². The lowest BCUT2D eigenvalue weighted by Crippen LogP contribution is -2.37. The van der Waals surface area contributed by atoms with E-state index in [2.05, 4.69) is 0 Å². The molecule has 26 heavy (non-hydrogen) atoms. The Kier molecular flexibility index (Phi) is 5.00. The molecule has 2 aromatic carbocycles. The first kappa shape index (κ1) is 18.7. The highest BCUT2D eigenvalue weighted by Gasteiger charge is 2.29. The van der Waals surface area contributed by atoms with Gasteiger partial charge in [-0.1, -0.05) is 18.2 Å². The number of nitrogens with zero attached hydrogens (tertiary/aromatic N) is 1. The Bertz CT molecular complexity index is 1040. The summed E-state index contributed by atoms with van der Waals surface area (Å²) in [4.78, 5) is -0.734. The fraction of sp³-hybridized carbons (Fsp3) is 0.250. The third-order valence-electron chi connectivity index (χ3n) is 4.02. The summed E-state index contributed by atoms with van der Waals surface area (Å²) in [5.41, 5.74) is 1.49. The molecule has 0 amide bonds. The van der Waals surface area contributed by atoms with Gasteiger partial charge in [-0.3, -0.25) is 4.31 Å². The molecule has 0 saturated carbocycles. The molecule has 1 aliphatic rings. The molecule has 0 saturated heterocycles. The second kappa shape index (κ2) is 6.93. The van der Waals surface area contributed by atoms with Gasteiger partial charge in [-0.15, -0.1) is 0 Å². The Labute approximate surface area is 150 Å². The molecule has 0 bridgehead atoms. The Hall–Kier alpha value is -2.04. The van der Waals surface area contributed by atoms with E-state index < -0.39 is 48.9 Å². The highest BCUT2D eigenvalue weighted by Crippen LogP contribution is 2.29. The van der Waals surface area contributed by atoms with Crippen LogP contribution in [0.4, 0.5) is 14.5 Å². The summed E-state index contributed by atoms with van der Waals surface area (Å²) in [7, 11) is -8.03. The third-order valence-corrected chi connectivity index (χ3v) is 7.28. The zero-order valence-corrected chi connectivity index (χ0v) is 15.2. The lowest BCUT2D eigenvalue weighted by molar-refractivity contribution is 0.544. The second-order valence-electron chi connectivity index (χ2n) is 5.74. The molecule has 1 N–H and O–H groups in total. The van der Waals surface area contributed by atoms with Crippen molar-refractivity contribution < 1.29 is 25.6 Å². The molecule has 10 heteroatoms. The van der Waals surface area contributed by atoms with Gasteiger partial charge in [0.1, 0.15) is 16.5 Å². The molecule has 0 atom stereocenters. The van der Waals surface area contributed by atoms with Gasteiger partial charge in [-0.25, -0.2) is 30.3 Å². The minimum atomic E-state index is -4.29. The molecule has 6 nitrogen and oxygen atoms in total. The predicted octanol–water partition coefficient (Wildman–Crippen LogP) is 1.64. The highest BCUT2D eigenvalue weighted by molar-refractivity contribution is 7.93. The molecule has 1 aliphatic heterocycles. The summed E-state index contributed by atoms with van der Waals surface area (Å²) in [6, 6.07) is 9.13. The van der Waals surface area contributed by atoms with Gasteiger partial charge in [-0.05, 0) is 30.2 Å². The first-order valence-electron chi connectivity index (χ1n) is 7.74. The number of rotatable bonds is 6. The van der Waals surface area contributed by atoms with Crippen molar-refractivity contribution in [1.82, 2.24) is 4.72 Å². The SMILES string of the molecule is O=S(=O)(NCCS(=O)(=O)N1CCc2ccccc21)c1ccc(F)cc1F. The first-order valence-corrected chi connectivity index (χ1v) is 10.8. The number of sulfonamides is 2. The maximum atomic E-state index is 13.6. The average Bonchev–Trinajstić information content (AvgIpc) is 2.99. The van der Waals surface area contributed by atoms with E-state index in [1.165, 1.54) is 4.31 Å². The molecular formula is C16H16F2N2O4S2. The van der Waals surface area contributed by atoms with Crippen molar-refractivity contribution in [3.63, 3.8) is 0 Å². The third kappa shape index (κ3) is 3.71. The van der Waals surface area contributed by atoms with Gasteiger partial charge >= 0.3 is 0 Å². The van der Waals surface area contributed by atoms with Gasteiger partial charge in [0.15, 0.2) is 0 Å². The summed E-state index contributed by atoms with van der Waals surface area (Å²) in [5, 5.41) is 0. The zero-order valence-electron chi connectivity index (χ0n) is 13.5. The summed E-state index contributed by atoms with van der Waals surface area (Å²) >= 11 is 0. The molecule has 3 rings (SSSR count). The lowest BCUT2D eigenvalue weighted by Gasteiger charge is -2.19. The molecule has 140 valence electrons. The molecule has 2 aromatic rings. The maximum Gasteiger partial charge on any atom is 0.243 e. The highest BCUT2D eigenvalue weighted by atomic mass is 32.2. The van der Waals surface area contributed by atoms with Crippen molar-refractivity contribution in [2.24, 2.45) is 0 Å². The van der Waals surface area contributed by atoms with Crippen LogP contribution in [0.25, 0.3) is 0 Å². The van der Waals surface area contributed by atoms with E-state index in [9.17, 15) is 25.6 Å². The average molecular weight is 402 g/mol. The van der Waals surface area contributed by atoms with Crippen LogP contribution in [-0.4, -0.2) is 35.7 Å². The van der Waals surface area contributed by atoms with Gasteiger partial charge in [-0.2, -0.15) is 0 Å². The normalized spacial score (nSPS) is 14.5. The van der Waals surface area contributed by atoms with E-state index in [1.54, 1.807) is 12.1 Å². The van der Waals surface area contributed by atoms with Crippen molar-refractivity contribution >= 4 is 25.7 Å². The molecule has 0 radical (unpaired) electrons. The zero-order chi connectivity index (χ0) is 18.9. The summed E-state index contributed by atoms with van der Waals surface area (Å²) in [6.45, 7) is -0.138. The Morgan fingerprint density at radius 3 is 2.50 bits per heavy atom. The number of halogens is 2. The lowest BCUT2D eigenvalue weighted by atomic mass is 10.2. The second-order valence-corrected chi connectivity index (χ2v) is 9.49. The van der Waals surface area contributed by atoms with E-state index in [1.807, 2.05) is 16.9 Å². The Morgan fingerprint density at radius 2 is 1.77 bits per heavy atom. The van der Waals surface area contributed by atoms with E-state index in [0.717, 1.165) is 17.7 Å². The number of para-hydroxylation sites is 1. The van der Waals surface area contributed by atoms with Gasteiger partial charge in [0.2, 0.25) is 20.0 Å². The molecule has 0 aromatic heterocycles. The fourth-order valence-corrected chi connectivity index (χ4v) is 5.43. The van der Waals surface area contributed by atoms with E-state index in [4.69, 9.17) is 0 Å². The van der Waals surface area contributed by atoms with Crippen molar-refractivity contribution in [2.75, 3.05) is 23.1 Å². The van der Waals surface area contributed by atoms with Crippen LogP contribution in [0.2, 0.25) is 0 Å².